The first kappa shape index (κ1) is 17.4. The van der Waals surface area contributed by atoms with Crippen molar-refractivity contribution in [3.05, 3.63) is 35.9 Å². The van der Waals surface area contributed by atoms with Crippen molar-refractivity contribution in [2.45, 2.75) is 45.3 Å². The number of hydrogen-bond donors (Lipinski definition) is 1. The topological polar surface area (TPSA) is 60.9 Å². The summed E-state index contributed by atoms with van der Waals surface area (Å²) in [7, 11) is -3.55. The maximum atomic E-state index is 12.9. The maximum absolute atomic E-state index is 12.9. The van der Waals surface area contributed by atoms with Crippen molar-refractivity contribution in [3.63, 3.8) is 0 Å². The molecule has 0 amide bonds. The van der Waals surface area contributed by atoms with Crippen molar-refractivity contribution in [1.82, 2.24) is 8.61 Å². The van der Waals surface area contributed by atoms with Crippen LogP contribution in [0.3, 0.4) is 0 Å². The van der Waals surface area contributed by atoms with Gasteiger partial charge in [-0.1, -0.05) is 36.8 Å². The maximum Gasteiger partial charge on any atom is 0.282 e. The van der Waals surface area contributed by atoms with E-state index < -0.39 is 15.8 Å². The van der Waals surface area contributed by atoms with Crippen LogP contribution in [0.5, 0.6) is 0 Å². The third kappa shape index (κ3) is 4.78. The molecule has 2 rings (SSSR count). The second-order valence-corrected chi connectivity index (χ2v) is 8.46. The predicted octanol–water partition coefficient (Wildman–Crippen LogP) is 1.99. The molecular weight excluding hydrogens is 300 g/mol. The number of benzene rings is 1. The Kier molecular flexibility index (Phi) is 5.60. The zero-order valence-corrected chi connectivity index (χ0v) is 14.2. The number of rotatable bonds is 6. The van der Waals surface area contributed by atoms with E-state index in [4.69, 9.17) is 0 Å². The van der Waals surface area contributed by atoms with E-state index in [1.54, 1.807) is 18.2 Å². The van der Waals surface area contributed by atoms with Gasteiger partial charge < -0.3 is 5.11 Å². The van der Waals surface area contributed by atoms with Gasteiger partial charge in [0, 0.05) is 26.2 Å². The molecule has 0 spiro atoms. The number of piperidine rings is 1. The van der Waals surface area contributed by atoms with Crippen LogP contribution in [0.1, 0.15) is 38.7 Å². The number of hydrogen-bond acceptors (Lipinski definition) is 3. The zero-order chi connectivity index (χ0) is 16.2. The van der Waals surface area contributed by atoms with Gasteiger partial charge >= 0.3 is 0 Å². The van der Waals surface area contributed by atoms with Crippen LogP contribution in [-0.4, -0.2) is 47.4 Å². The van der Waals surface area contributed by atoms with Crippen LogP contribution >= 0.6 is 0 Å². The van der Waals surface area contributed by atoms with Crippen LogP contribution < -0.4 is 0 Å². The molecule has 1 aromatic rings. The Morgan fingerprint density at radius 2 is 1.73 bits per heavy atom. The van der Waals surface area contributed by atoms with Gasteiger partial charge in [-0.2, -0.15) is 17.0 Å². The van der Waals surface area contributed by atoms with E-state index in [9.17, 15) is 13.5 Å². The Morgan fingerprint density at radius 1 is 1.14 bits per heavy atom. The minimum atomic E-state index is -3.55. The van der Waals surface area contributed by atoms with Crippen LogP contribution in [0.2, 0.25) is 0 Å². The van der Waals surface area contributed by atoms with Gasteiger partial charge in [-0.25, -0.2) is 0 Å². The zero-order valence-electron chi connectivity index (χ0n) is 13.4. The summed E-state index contributed by atoms with van der Waals surface area (Å²) in [6.45, 7) is 4.77. The Balaban J connectivity index is 2.22. The third-order valence-electron chi connectivity index (χ3n) is 3.73. The standard InChI is InChI=1S/C16H26N2O3S/c1-16(2,19)14-18(13-15-9-5-3-6-10-15)22(20,21)17-11-7-4-8-12-17/h3,5-6,9-10,19H,4,7-8,11-14H2,1-2H3. The molecule has 124 valence electrons. The van der Waals surface area contributed by atoms with Crippen molar-refractivity contribution < 1.29 is 13.5 Å². The van der Waals surface area contributed by atoms with Gasteiger partial charge in [0.1, 0.15) is 0 Å². The molecule has 1 N–H and O–H groups in total. The molecule has 1 aliphatic heterocycles. The number of aliphatic hydroxyl groups is 1. The molecule has 6 heteroatoms. The van der Waals surface area contributed by atoms with E-state index in [1.165, 1.54) is 4.31 Å². The van der Waals surface area contributed by atoms with Crippen LogP contribution in [0.4, 0.5) is 0 Å². The SMILES string of the molecule is CC(C)(O)CN(Cc1ccccc1)S(=O)(=O)N1CCCCC1. The summed E-state index contributed by atoms with van der Waals surface area (Å²) in [5, 5.41) is 10.1. The molecule has 0 aromatic heterocycles. The van der Waals surface area contributed by atoms with E-state index in [0.717, 1.165) is 24.8 Å². The van der Waals surface area contributed by atoms with Crippen molar-refractivity contribution >= 4 is 10.2 Å². The van der Waals surface area contributed by atoms with Gasteiger partial charge in [-0.05, 0) is 32.3 Å². The average molecular weight is 326 g/mol. The molecule has 0 saturated carbocycles. The first-order chi connectivity index (χ1) is 10.3. The van der Waals surface area contributed by atoms with E-state index >= 15 is 0 Å². The summed E-state index contributed by atoms with van der Waals surface area (Å²) in [6, 6.07) is 9.51. The lowest BCUT2D eigenvalue weighted by molar-refractivity contribution is 0.0556. The summed E-state index contributed by atoms with van der Waals surface area (Å²) in [5.41, 5.74) is -0.148. The first-order valence-corrected chi connectivity index (χ1v) is 9.20. The lowest BCUT2D eigenvalue weighted by atomic mass is 10.1. The van der Waals surface area contributed by atoms with Gasteiger partial charge in [0.2, 0.25) is 0 Å². The van der Waals surface area contributed by atoms with E-state index in [1.807, 2.05) is 30.3 Å². The molecule has 5 nitrogen and oxygen atoms in total. The highest BCUT2D eigenvalue weighted by Crippen LogP contribution is 2.21. The predicted molar refractivity (Wildman–Crippen MR) is 87.5 cm³/mol. The molecule has 0 aliphatic carbocycles. The van der Waals surface area contributed by atoms with Crippen LogP contribution in [-0.2, 0) is 16.8 Å². The van der Waals surface area contributed by atoms with Gasteiger partial charge in [-0.3, -0.25) is 0 Å². The smallest absolute Gasteiger partial charge is 0.282 e. The molecule has 1 saturated heterocycles. The fourth-order valence-electron chi connectivity index (χ4n) is 2.70. The second-order valence-electron chi connectivity index (χ2n) is 6.53. The van der Waals surface area contributed by atoms with Gasteiger partial charge in [0.25, 0.3) is 10.2 Å². The molecule has 1 aromatic carbocycles. The Bertz CT molecular complexity index is 561. The Hall–Kier alpha value is -0.950. The Morgan fingerprint density at radius 3 is 2.27 bits per heavy atom. The highest BCUT2D eigenvalue weighted by Gasteiger charge is 2.33. The summed E-state index contributed by atoms with van der Waals surface area (Å²) in [4.78, 5) is 0. The fraction of sp³-hybridized carbons (Fsp3) is 0.625. The molecule has 22 heavy (non-hydrogen) atoms. The average Bonchev–Trinajstić information content (AvgIpc) is 2.47. The lowest BCUT2D eigenvalue weighted by Crippen LogP contribution is -2.49. The molecule has 0 atom stereocenters. The van der Waals surface area contributed by atoms with E-state index in [2.05, 4.69) is 0 Å². The van der Waals surface area contributed by atoms with Crippen LogP contribution in [0, 0.1) is 0 Å². The van der Waals surface area contributed by atoms with Crippen LogP contribution in [0.15, 0.2) is 30.3 Å². The van der Waals surface area contributed by atoms with Gasteiger partial charge in [0.05, 0.1) is 5.60 Å². The minimum Gasteiger partial charge on any atom is -0.389 e. The number of nitrogens with zero attached hydrogens (tertiary/aromatic N) is 2. The van der Waals surface area contributed by atoms with Crippen molar-refractivity contribution in [1.29, 1.82) is 0 Å². The Labute approximate surface area is 133 Å². The first-order valence-electron chi connectivity index (χ1n) is 7.80. The molecule has 1 heterocycles. The van der Waals surface area contributed by atoms with Gasteiger partial charge in [0.15, 0.2) is 0 Å². The van der Waals surface area contributed by atoms with Gasteiger partial charge in [-0.15, -0.1) is 0 Å². The lowest BCUT2D eigenvalue weighted by Gasteiger charge is -2.34. The summed E-state index contributed by atoms with van der Waals surface area (Å²) < 4.78 is 28.8. The highest BCUT2D eigenvalue weighted by molar-refractivity contribution is 7.86. The molecule has 0 unspecified atom stereocenters. The monoisotopic (exact) mass is 326 g/mol. The van der Waals surface area contributed by atoms with Crippen LogP contribution in [0.25, 0.3) is 0 Å². The molecule has 0 radical (unpaired) electrons. The summed E-state index contributed by atoms with van der Waals surface area (Å²) in [5.74, 6) is 0. The molecule has 0 bridgehead atoms. The largest absolute Gasteiger partial charge is 0.389 e. The van der Waals surface area contributed by atoms with E-state index in [0.29, 0.717) is 13.1 Å². The molecular formula is C16H26N2O3S. The summed E-state index contributed by atoms with van der Waals surface area (Å²) >= 11 is 0. The highest BCUT2D eigenvalue weighted by atomic mass is 32.2. The summed E-state index contributed by atoms with van der Waals surface area (Å²) in [6.07, 6.45) is 2.89. The molecule has 1 fully saturated rings. The second kappa shape index (κ2) is 7.08. The fourth-order valence-corrected chi connectivity index (χ4v) is 4.53. The minimum absolute atomic E-state index is 0.0841. The normalized spacial score (nSPS) is 17.8. The van der Waals surface area contributed by atoms with Crippen molar-refractivity contribution in [2.75, 3.05) is 19.6 Å². The van der Waals surface area contributed by atoms with Crippen molar-refractivity contribution in [3.8, 4) is 0 Å². The molecule has 1 aliphatic rings. The van der Waals surface area contributed by atoms with E-state index in [-0.39, 0.29) is 13.1 Å². The quantitative estimate of drug-likeness (QED) is 0.870. The van der Waals surface area contributed by atoms with Crippen molar-refractivity contribution in [2.24, 2.45) is 0 Å². The third-order valence-corrected chi connectivity index (χ3v) is 5.66.